The molecule has 5 nitrogen and oxygen atoms in total. The zero-order valence-electron chi connectivity index (χ0n) is 16.8. The quantitative estimate of drug-likeness (QED) is 0.489. The van der Waals surface area contributed by atoms with Crippen LogP contribution >= 0.6 is 11.8 Å². The van der Waals surface area contributed by atoms with E-state index in [2.05, 4.69) is 17.2 Å². The Morgan fingerprint density at radius 3 is 2.60 bits per heavy atom. The van der Waals surface area contributed by atoms with Gasteiger partial charge in [0, 0.05) is 6.04 Å². The van der Waals surface area contributed by atoms with Crippen molar-refractivity contribution >= 4 is 28.6 Å². The van der Waals surface area contributed by atoms with E-state index in [9.17, 15) is 14.0 Å². The summed E-state index contributed by atoms with van der Waals surface area (Å²) in [5.74, 6) is 0.219. The highest BCUT2D eigenvalue weighted by atomic mass is 32.2. The number of nitrogens with one attached hydrogen (secondary N) is 1. The number of fused-ring (bicyclic) bond motifs is 1. The maximum atomic E-state index is 14.5. The number of nitrogens with zero attached hydrogens (tertiary/aromatic N) is 2. The first-order chi connectivity index (χ1) is 14.5. The number of hydrogen-bond donors (Lipinski definition) is 1. The van der Waals surface area contributed by atoms with Crippen LogP contribution in [0, 0.1) is 11.7 Å². The normalized spacial score (nSPS) is 19.0. The van der Waals surface area contributed by atoms with Gasteiger partial charge in [0.15, 0.2) is 5.16 Å². The average molecular weight is 426 g/mol. The third-order valence-corrected chi connectivity index (χ3v) is 6.49. The van der Waals surface area contributed by atoms with Crippen molar-refractivity contribution in [3.63, 3.8) is 0 Å². The molecular formula is C23H24FN3O2S. The van der Waals surface area contributed by atoms with E-state index < -0.39 is 5.82 Å². The Morgan fingerprint density at radius 2 is 1.83 bits per heavy atom. The molecule has 0 atom stereocenters. The van der Waals surface area contributed by atoms with Gasteiger partial charge in [-0.1, -0.05) is 43.0 Å². The van der Waals surface area contributed by atoms with Crippen LogP contribution in [0.5, 0.6) is 0 Å². The summed E-state index contributed by atoms with van der Waals surface area (Å²) in [5.41, 5.74) is 0.305. The van der Waals surface area contributed by atoms with Gasteiger partial charge >= 0.3 is 0 Å². The molecule has 2 aromatic carbocycles. The predicted octanol–water partition coefficient (Wildman–Crippen LogP) is 4.31. The number of carbonyl (C=O) groups excluding carboxylic acids is 1. The van der Waals surface area contributed by atoms with E-state index >= 15 is 0 Å². The second-order valence-corrected chi connectivity index (χ2v) is 8.76. The number of para-hydroxylation sites is 2. The van der Waals surface area contributed by atoms with Gasteiger partial charge in [0.25, 0.3) is 5.56 Å². The summed E-state index contributed by atoms with van der Waals surface area (Å²) in [7, 11) is 0. The Hall–Kier alpha value is -2.67. The molecule has 1 fully saturated rings. The summed E-state index contributed by atoms with van der Waals surface area (Å²) in [6.45, 7) is 2.24. The van der Waals surface area contributed by atoms with Crippen LogP contribution in [0.4, 0.5) is 4.39 Å². The highest BCUT2D eigenvalue weighted by Crippen LogP contribution is 2.25. The lowest BCUT2D eigenvalue weighted by molar-refractivity contribution is -0.119. The molecule has 0 saturated heterocycles. The molecule has 0 bridgehead atoms. The molecule has 3 aromatic rings. The fourth-order valence-corrected chi connectivity index (χ4v) is 4.68. The minimum atomic E-state index is -0.515. The highest BCUT2D eigenvalue weighted by Gasteiger charge is 2.21. The monoisotopic (exact) mass is 425 g/mol. The van der Waals surface area contributed by atoms with Gasteiger partial charge in [-0.15, -0.1) is 0 Å². The van der Waals surface area contributed by atoms with Crippen LogP contribution < -0.4 is 10.9 Å². The zero-order valence-corrected chi connectivity index (χ0v) is 17.6. The average Bonchev–Trinajstić information content (AvgIpc) is 2.75. The van der Waals surface area contributed by atoms with Gasteiger partial charge in [0.2, 0.25) is 5.91 Å². The van der Waals surface area contributed by atoms with Crippen LogP contribution in [-0.2, 0) is 4.79 Å². The van der Waals surface area contributed by atoms with Gasteiger partial charge in [0.1, 0.15) is 5.82 Å². The van der Waals surface area contributed by atoms with Gasteiger partial charge in [-0.3, -0.25) is 14.2 Å². The Balaban J connectivity index is 1.61. The Bertz CT molecular complexity index is 1120. The SMILES string of the molecule is CC1CCC(NC(=O)CSc2nc3ccccc3c(=O)n2-c2ccccc2F)CC1. The molecule has 0 spiro atoms. The summed E-state index contributed by atoms with van der Waals surface area (Å²) in [4.78, 5) is 30.2. The summed E-state index contributed by atoms with van der Waals surface area (Å²) in [6, 6.07) is 13.3. The molecule has 1 aliphatic carbocycles. The number of aromatic nitrogens is 2. The summed E-state index contributed by atoms with van der Waals surface area (Å²) in [5, 5.41) is 3.79. The van der Waals surface area contributed by atoms with Crippen molar-refractivity contribution in [1.82, 2.24) is 14.9 Å². The van der Waals surface area contributed by atoms with Gasteiger partial charge < -0.3 is 5.32 Å². The minimum absolute atomic E-state index is 0.0953. The molecular weight excluding hydrogens is 401 g/mol. The highest BCUT2D eigenvalue weighted by molar-refractivity contribution is 7.99. The van der Waals surface area contributed by atoms with Gasteiger partial charge in [-0.05, 0) is 55.9 Å². The third-order valence-electron chi connectivity index (χ3n) is 5.55. The first kappa shape index (κ1) is 20.6. The number of hydrogen-bond acceptors (Lipinski definition) is 4. The second-order valence-electron chi connectivity index (χ2n) is 7.82. The van der Waals surface area contributed by atoms with Crippen molar-refractivity contribution in [2.24, 2.45) is 5.92 Å². The first-order valence-corrected chi connectivity index (χ1v) is 11.2. The van der Waals surface area contributed by atoms with Crippen LogP contribution in [0.1, 0.15) is 32.6 Å². The summed E-state index contributed by atoms with van der Waals surface area (Å²) < 4.78 is 15.8. The molecule has 1 saturated carbocycles. The molecule has 0 radical (unpaired) electrons. The molecule has 4 rings (SSSR count). The van der Waals surface area contributed by atoms with E-state index in [1.807, 2.05) is 0 Å². The molecule has 1 N–H and O–H groups in total. The predicted molar refractivity (Wildman–Crippen MR) is 118 cm³/mol. The van der Waals surface area contributed by atoms with Crippen LogP contribution in [0.25, 0.3) is 16.6 Å². The van der Waals surface area contributed by atoms with E-state index in [0.29, 0.717) is 22.0 Å². The minimum Gasteiger partial charge on any atom is -0.353 e. The van der Waals surface area contributed by atoms with Crippen molar-refractivity contribution in [1.29, 1.82) is 0 Å². The molecule has 1 aliphatic rings. The number of benzene rings is 2. The van der Waals surface area contributed by atoms with E-state index in [-0.39, 0.29) is 28.9 Å². The fraction of sp³-hybridized carbons (Fsp3) is 0.348. The Labute approximate surface area is 178 Å². The number of amides is 1. The smallest absolute Gasteiger partial charge is 0.266 e. The van der Waals surface area contributed by atoms with E-state index in [0.717, 1.165) is 37.4 Å². The largest absolute Gasteiger partial charge is 0.353 e. The van der Waals surface area contributed by atoms with Gasteiger partial charge in [0.05, 0.1) is 22.3 Å². The van der Waals surface area contributed by atoms with Crippen LogP contribution in [0.15, 0.2) is 58.5 Å². The number of rotatable bonds is 5. The van der Waals surface area contributed by atoms with Gasteiger partial charge in [-0.25, -0.2) is 9.37 Å². The Kier molecular flexibility index (Phi) is 6.18. The lowest BCUT2D eigenvalue weighted by atomic mass is 9.87. The van der Waals surface area contributed by atoms with Gasteiger partial charge in [-0.2, -0.15) is 0 Å². The third kappa shape index (κ3) is 4.41. The van der Waals surface area contributed by atoms with Crippen LogP contribution in [0.3, 0.4) is 0 Å². The molecule has 1 amide bonds. The van der Waals surface area contributed by atoms with Crippen molar-refractivity contribution in [2.45, 2.75) is 43.8 Å². The number of halogens is 1. The molecule has 0 aliphatic heterocycles. The van der Waals surface area contributed by atoms with Crippen molar-refractivity contribution < 1.29 is 9.18 Å². The first-order valence-electron chi connectivity index (χ1n) is 10.2. The number of carbonyl (C=O) groups is 1. The maximum absolute atomic E-state index is 14.5. The van der Waals surface area contributed by atoms with Crippen LogP contribution in [0.2, 0.25) is 0 Å². The summed E-state index contributed by atoms with van der Waals surface area (Å²) >= 11 is 1.15. The lowest BCUT2D eigenvalue weighted by Crippen LogP contribution is -2.38. The number of thioether (sulfide) groups is 1. The van der Waals surface area contributed by atoms with Crippen molar-refractivity contribution in [3.8, 4) is 5.69 Å². The maximum Gasteiger partial charge on any atom is 0.266 e. The van der Waals surface area contributed by atoms with Crippen molar-refractivity contribution in [3.05, 3.63) is 64.7 Å². The summed E-state index contributed by atoms with van der Waals surface area (Å²) in [6.07, 6.45) is 4.23. The lowest BCUT2D eigenvalue weighted by Gasteiger charge is -2.26. The molecule has 1 heterocycles. The molecule has 156 valence electrons. The zero-order chi connectivity index (χ0) is 21.1. The van der Waals surface area contributed by atoms with E-state index in [1.165, 1.54) is 10.6 Å². The standard InChI is InChI=1S/C23H24FN3O2S/c1-15-10-12-16(13-11-15)25-21(28)14-30-23-26-19-8-4-2-6-17(19)22(29)27(23)20-9-5-3-7-18(20)24/h2-9,15-16H,10-14H2,1H3,(H,25,28). The molecule has 1 aromatic heterocycles. The van der Waals surface area contributed by atoms with E-state index in [4.69, 9.17) is 0 Å². The Morgan fingerprint density at radius 1 is 1.13 bits per heavy atom. The topological polar surface area (TPSA) is 64.0 Å². The molecule has 30 heavy (non-hydrogen) atoms. The molecule has 0 unspecified atom stereocenters. The van der Waals surface area contributed by atoms with Crippen LogP contribution in [-0.4, -0.2) is 27.3 Å². The molecule has 7 heteroatoms. The second kappa shape index (κ2) is 9.00. The van der Waals surface area contributed by atoms with Crippen molar-refractivity contribution in [2.75, 3.05) is 5.75 Å². The van der Waals surface area contributed by atoms with E-state index in [1.54, 1.807) is 42.5 Å². The fourth-order valence-electron chi connectivity index (χ4n) is 3.86.